The SMILES string of the molecule is N#Cc1ccccc1CN(C=O)CC(=O)O. The summed E-state index contributed by atoms with van der Waals surface area (Å²) in [5, 5.41) is 17.4. The predicted molar refractivity (Wildman–Crippen MR) is 55.3 cm³/mol. The van der Waals surface area contributed by atoms with Crippen molar-refractivity contribution >= 4 is 12.4 Å². The second-order valence-corrected chi connectivity index (χ2v) is 3.17. The first-order valence-electron chi connectivity index (χ1n) is 4.56. The molecule has 1 N–H and O–H groups in total. The number of amides is 1. The third-order valence-electron chi connectivity index (χ3n) is 2.00. The van der Waals surface area contributed by atoms with Gasteiger partial charge in [0.1, 0.15) is 6.54 Å². The lowest BCUT2D eigenvalue weighted by Gasteiger charge is -2.15. The monoisotopic (exact) mass is 218 g/mol. The van der Waals surface area contributed by atoms with E-state index in [1.807, 2.05) is 6.07 Å². The second kappa shape index (κ2) is 5.51. The average molecular weight is 218 g/mol. The lowest BCUT2D eigenvalue weighted by Crippen LogP contribution is -2.28. The molecule has 0 radical (unpaired) electrons. The molecule has 16 heavy (non-hydrogen) atoms. The van der Waals surface area contributed by atoms with Gasteiger partial charge < -0.3 is 10.0 Å². The smallest absolute Gasteiger partial charge is 0.323 e. The molecule has 1 aromatic rings. The van der Waals surface area contributed by atoms with Gasteiger partial charge in [0.2, 0.25) is 6.41 Å². The van der Waals surface area contributed by atoms with E-state index in [2.05, 4.69) is 0 Å². The Morgan fingerprint density at radius 1 is 1.50 bits per heavy atom. The van der Waals surface area contributed by atoms with Gasteiger partial charge in [-0.15, -0.1) is 0 Å². The molecule has 0 spiro atoms. The highest BCUT2D eigenvalue weighted by molar-refractivity contribution is 5.72. The standard InChI is InChI=1S/C11H10N2O3/c12-5-9-3-1-2-4-10(9)6-13(8-14)7-11(15)16/h1-4,8H,6-7H2,(H,15,16). The molecule has 1 aromatic carbocycles. The Bertz CT molecular complexity index is 437. The van der Waals surface area contributed by atoms with Crippen molar-refractivity contribution in [2.75, 3.05) is 6.54 Å². The summed E-state index contributed by atoms with van der Waals surface area (Å²) in [5.41, 5.74) is 1.08. The molecular weight excluding hydrogens is 208 g/mol. The van der Waals surface area contributed by atoms with E-state index in [1.54, 1.807) is 24.3 Å². The van der Waals surface area contributed by atoms with Crippen molar-refractivity contribution in [3.05, 3.63) is 35.4 Å². The Hall–Kier alpha value is -2.35. The minimum Gasteiger partial charge on any atom is -0.480 e. The third-order valence-corrected chi connectivity index (χ3v) is 2.00. The van der Waals surface area contributed by atoms with Gasteiger partial charge in [-0.2, -0.15) is 5.26 Å². The molecule has 0 aliphatic rings. The summed E-state index contributed by atoms with van der Waals surface area (Å²) in [6.07, 6.45) is 0.461. The van der Waals surface area contributed by atoms with E-state index in [9.17, 15) is 9.59 Å². The summed E-state index contributed by atoms with van der Waals surface area (Å²) in [7, 11) is 0. The molecule has 1 amide bonds. The van der Waals surface area contributed by atoms with E-state index in [0.29, 0.717) is 17.5 Å². The highest BCUT2D eigenvalue weighted by Crippen LogP contribution is 2.09. The maximum absolute atomic E-state index is 10.6. The number of carboxylic acids is 1. The molecule has 0 atom stereocenters. The lowest BCUT2D eigenvalue weighted by atomic mass is 10.1. The van der Waals surface area contributed by atoms with Crippen LogP contribution in [0.1, 0.15) is 11.1 Å². The van der Waals surface area contributed by atoms with Crippen molar-refractivity contribution in [3.8, 4) is 6.07 Å². The summed E-state index contributed by atoms with van der Waals surface area (Å²) in [4.78, 5) is 22.2. The van der Waals surface area contributed by atoms with Gasteiger partial charge in [-0.3, -0.25) is 9.59 Å². The van der Waals surface area contributed by atoms with Crippen LogP contribution in [0.3, 0.4) is 0 Å². The van der Waals surface area contributed by atoms with Crippen molar-refractivity contribution in [3.63, 3.8) is 0 Å². The minimum absolute atomic E-state index is 0.125. The van der Waals surface area contributed by atoms with Gasteiger partial charge in [-0.05, 0) is 11.6 Å². The van der Waals surface area contributed by atoms with Crippen LogP contribution < -0.4 is 0 Å². The first-order chi connectivity index (χ1) is 7.67. The highest BCUT2D eigenvalue weighted by atomic mass is 16.4. The van der Waals surface area contributed by atoms with Crippen molar-refractivity contribution in [1.82, 2.24) is 4.90 Å². The molecule has 1 rings (SSSR count). The van der Waals surface area contributed by atoms with Crippen LogP contribution in [0.25, 0.3) is 0 Å². The zero-order valence-electron chi connectivity index (χ0n) is 8.46. The molecule has 82 valence electrons. The average Bonchev–Trinajstić information content (AvgIpc) is 2.28. The van der Waals surface area contributed by atoms with E-state index >= 15 is 0 Å². The molecular formula is C11H10N2O3. The molecule has 0 fully saturated rings. The van der Waals surface area contributed by atoms with Crippen LogP contribution in [0.15, 0.2) is 24.3 Å². The van der Waals surface area contributed by atoms with Crippen LogP contribution in [-0.4, -0.2) is 28.9 Å². The first-order valence-corrected chi connectivity index (χ1v) is 4.56. The molecule has 0 unspecified atom stereocenters. The van der Waals surface area contributed by atoms with Gasteiger partial charge in [0.15, 0.2) is 0 Å². The summed E-state index contributed by atoms with van der Waals surface area (Å²) in [6.45, 7) is -0.247. The molecule has 0 saturated heterocycles. The zero-order valence-corrected chi connectivity index (χ0v) is 8.46. The van der Waals surface area contributed by atoms with Gasteiger partial charge in [-0.25, -0.2) is 0 Å². The number of carboxylic acid groups (broad SMARTS) is 1. The first kappa shape index (κ1) is 11.7. The van der Waals surface area contributed by atoms with E-state index in [-0.39, 0.29) is 13.1 Å². The van der Waals surface area contributed by atoms with Crippen molar-refractivity contribution in [2.45, 2.75) is 6.54 Å². The number of benzene rings is 1. The second-order valence-electron chi connectivity index (χ2n) is 3.17. The van der Waals surface area contributed by atoms with Crippen LogP contribution in [0.4, 0.5) is 0 Å². The van der Waals surface area contributed by atoms with Crippen LogP contribution in [0, 0.1) is 11.3 Å². The van der Waals surface area contributed by atoms with Crippen LogP contribution in [0.5, 0.6) is 0 Å². The Morgan fingerprint density at radius 2 is 2.19 bits per heavy atom. The Kier molecular flexibility index (Phi) is 4.04. The number of aliphatic carboxylic acids is 1. The normalized spacial score (nSPS) is 9.19. The molecule has 0 aromatic heterocycles. The zero-order chi connectivity index (χ0) is 12.0. The minimum atomic E-state index is -1.08. The number of carbonyl (C=O) groups is 2. The van der Waals surface area contributed by atoms with E-state index in [4.69, 9.17) is 10.4 Å². The quantitative estimate of drug-likeness (QED) is 0.734. The van der Waals surface area contributed by atoms with E-state index < -0.39 is 5.97 Å². The predicted octanol–water partition coefficient (Wildman–Crippen LogP) is 0.601. The van der Waals surface area contributed by atoms with Crippen molar-refractivity contribution in [2.24, 2.45) is 0 Å². The molecule has 0 aliphatic heterocycles. The van der Waals surface area contributed by atoms with Crippen LogP contribution >= 0.6 is 0 Å². The van der Waals surface area contributed by atoms with Gasteiger partial charge in [0.05, 0.1) is 11.6 Å². The lowest BCUT2D eigenvalue weighted by molar-refractivity contribution is -0.141. The van der Waals surface area contributed by atoms with Gasteiger partial charge >= 0.3 is 5.97 Å². The van der Waals surface area contributed by atoms with Crippen LogP contribution in [-0.2, 0) is 16.1 Å². The van der Waals surface area contributed by atoms with Gasteiger partial charge in [0, 0.05) is 6.54 Å². The molecule has 0 heterocycles. The Morgan fingerprint density at radius 3 is 2.75 bits per heavy atom. The molecule has 0 saturated carbocycles. The third kappa shape index (κ3) is 3.10. The largest absolute Gasteiger partial charge is 0.480 e. The van der Waals surface area contributed by atoms with Gasteiger partial charge in [-0.1, -0.05) is 18.2 Å². The number of hydrogen-bond donors (Lipinski definition) is 1. The molecule has 5 heteroatoms. The summed E-state index contributed by atoms with van der Waals surface area (Å²) < 4.78 is 0. The summed E-state index contributed by atoms with van der Waals surface area (Å²) in [5.74, 6) is -1.08. The maximum atomic E-state index is 10.6. The maximum Gasteiger partial charge on any atom is 0.323 e. The molecule has 0 aliphatic carbocycles. The molecule has 5 nitrogen and oxygen atoms in total. The fourth-order valence-corrected chi connectivity index (χ4v) is 1.29. The number of hydrogen-bond acceptors (Lipinski definition) is 3. The number of nitriles is 1. The van der Waals surface area contributed by atoms with Crippen molar-refractivity contribution < 1.29 is 14.7 Å². The van der Waals surface area contributed by atoms with E-state index in [1.165, 1.54) is 0 Å². The fraction of sp³-hybridized carbons (Fsp3) is 0.182. The van der Waals surface area contributed by atoms with E-state index in [0.717, 1.165) is 4.90 Å². The molecule has 0 bridgehead atoms. The number of carbonyl (C=O) groups excluding carboxylic acids is 1. The Balaban J connectivity index is 2.82. The summed E-state index contributed by atoms with van der Waals surface area (Å²) >= 11 is 0. The number of nitrogens with zero attached hydrogens (tertiary/aromatic N) is 2. The summed E-state index contributed by atoms with van der Waals surface area (Å²) in [6, 6.07) is 8.75. The van der Waals surface area contributed by atoms with Crippen LogP contribution in [0.2, 0.25) is 0 Å². The topological polar surface area (TPSA) is 81.4 Å². The van der Waals surface area contributed by atoms with Crippen molar-refractivity contribution in [1.29, 1.82) is 5.26 Å². The fourth-order valence-electron chi connectivity index (χ4n) is 1.29. The Labute approximate surface area is 92.5 Å². The van der Waals surface area contributed by atoms with Gasteiger partial charge in [0.25, 0.3) is 0 Å². The number of rotatable bonds is 5. The highest BCUT2D eigenvalue weighted by Gasteiger charge is 2.09.